The molecule has 0 spiro atoms. The van der Waals surface area contributed by atoms with E-state index in [0.717, 1.165) is 0 Å². The van der Waals surface area contributed by atoms with Crippen molar-refractivity contribution in [2.45, 2.75) is 0 Å². The summed E-state index contributed by atoms with van der Waals surface area (Å²) in [5.74, 6) is 0. The van der Waals surface area contributed by atoms with Crippen LogP contribution in [0, 0.1) is 0 Å². The van der Waals surface area contributed by atoms with Gasteiger partial charge in [-0.25, -0.2) is 0 Å². The fourth-order valence-electron chi connectivity index (χ4n) is 9.78. The number of rotatable bonds is 5. The predicted octanol–water partition coefficient (Wildman–Crippen LogP) is 0.691. The summed E-state index contributed by atoms with van der Waals surface area (Å²) in [7, 11) is 16.3. The van der Waals surface area contributed by atoms with Gasteiger partial charge in [0.15, 0.2) is 0 Å². The maximum Gasteiger partial charge on any atom is 0.141 e. The van der Waals surface area contributed by atoms with Gasteiger partial charge in [0.05, 0.1) is 11.0 Å². The topological polar surface area (TPSA) is 9.86 Å². The summed E-state index contributed by atoms with van der Waals surface area (Å²) in [5.41, 5.74) is 24.4. The summed E-state index contributed by atoms with van der Waals surface area (Å²) >= 11 is 0. The molecule has 0 amide bonds. The molecule has 0 aliphatic rings. The molecular formula is C48H39B7N2. The molecular weight excluding hydrogens is 680 g/mol. The van der Waals surface area contributed by atoms with Crippen LogP contribution >= 0.6 is 0 Å². The summed E-state index contributed by atoms with van der Waals surface area (Å²) in [4.78, 5) is 0. The highest BCUT2D eigenvalue weighted by molar-refractivity contribution is 6.69. The lowest BCUT2D eigenvalue weighted by Gasteiger charge is -2.19. The van der Waals surface area contributed by atoms with Crippen LogP contribution in [-0.2, 0) is 0 Å². The van der Waals surface area contributed by atoms with Crippen LogP contribution < -0.4 is 38.2 Å². The lowest BCUT2D eigenvalue weighted by molar-refractivity contribution is 1.18. The molecule has 8 aromatic carbocycles. The SMILES string of the molecule is Bc1c(B)c(B)c2c(c1B)c1c(B)c(-c3ccc4c(c3)c3c(-c5ccccc5)cccc3n4-c3ccccc3)c(B)c(B)c1n2-c1ccc(-c2ccccc2)cc1. The van der Waals surface area contributed by atoms with E-state index in [9.17, 15) is 0 Å². The third-order valence-electron chi connectivity index (χ3n) is 13.0. The minimum atomic E-state index is 1.17. The van der Waals surface area contributed by atoms with E-state index in [-0.39, 0.29) is 0 Å². The fourth-order valence-corrected chi connectivity index (χ4v) is 9.78. The highest BCUT2D eigenvalue weighted by atomic mass is 15.0. The van der Waals surface area contributed by atoms with E-state index in [1.54, 1.807) is 0 Å². The van der Waals surface area contributed by atoms with Gasteiger partial charge in [0.1, 0.15) is 54.9 Å². The number of fused-ring (bicyclic) bond motifs is 6. The molecule has 0 unspecified atom stereocenters. The van der Waals surface area contributed by atoms with Gasteiger partial charge in [-0.15, -0.1) is 5.46 Å². The summed E-state index contributed by atoms with van der Waals surface area (Å²) in [5, 5.41) is 5.27. The monoisotopic (exact) mass is 720 g/mol. The zero-order valence-corrected chi connectivity index (χ0v) is 33.8. The second-order valence-corrected chi connectivity index (χ2v) is 15.9. The molecule has 0 atom stereocenters. The van der Waals surface area contributed by atoms with Gasteiger partial charge >= 0.3 is 0 Å². The van der Waals surface area contributed by atoms with Crippen LogP contribution in [-0.4, -0.2) is 64.1 Å². The van der Waals surface area contributed by atoms with Crippen LogP contribution in [0.5, 0.6) is 0 Å². The smallest absolute Gasteiger partial charge is 0.141 e. The van der Waals surface area contributed by atoms with Gasteiger partial charge in [0, 0.05) is 38.6 Å². The lowest BCUT2D eigenvalue weighted by Crippen LogP contribution is -2.48. The van der Waals surface area contributed by atoms with Crippen LogP contribution in [0.25, 0.3) is 88.4 Å². The lowest BCUT2D eigenvalue weighted by atomic mass is 9.64. The zero-order valence-electron chi connectivity index (χ0n) is 33.8. The average molecular weight is 720 g/mol. The Hall–Kier alpha value is -6.19. The first-order valence-electron chi connectivity index (χ1n) is 20.1. The van der Waals surface area contributed by atoms with Gasteiger partial charge in [-0.3, -0.25) is 0 Å². The number of hydrogen-bond acceptors (Lipinski definition) is 0. The molecule has 262 valence electrons. The van der Waals surface area contributed by atoms with Crippen molar-refractivity contribution in [3.63, 3.8) is 0 Å². The number of benzene rings is 8. The van der Waals surface area contributed by atoms with E-state index in [2.05, 4.69) is 216 Å². The molecule has 0 N–H and O–H groups in total. The third kappa shape index (κ3) is 5.28. The molecule has 2 nitrogen and oxygen atoms in total. The molecule has 0 bridgehead atoms. The van der Waals surface area contributed by atoms with Crippen LogP contribution in [0.3, 0.4) is 0 Å². The Balaban J connectivity index is 1.28. The van der Waals surface area contributed by atoms with E-state index in [1.807, 2.05) is 0 Å². The molecule has 2 heterocycles. The van der Waals surface area contributed by atoms with Gasteiger partial charge in [0.2, 0.25) is 0 Å². The molecule has 57 heavy (non-hydrogen) atoms. The summed E-state index contributed by atoms with van der Waals surface area (Å²) in [6.07, 6.45) is 0. The Bertz CT molecular complexity index is 3230. The molecule has 0 saturated heterocycles. The Morgan fingerprint density at radius 2 is 0.842 bits per heavy atom. The second-order valence-electron chi connectivity index (χ2n) is 15.9. The Morgan fingerprint density at radius 1 is 0.316 bits per heavy atom. The molecule has 2 aromatic heterocycles. The number of aromatic nitrogens is 2. The van der Waals surface area contributed by atoms with Crippen molar-refractivity contribution >= 4 is 137 Å². The largest absolute Gasteiger partial charge is 0.310 e. The highest BCUT2D eigenvalue weighted by Crippen LogP contribution is 2.40. The molecule has 0 fully saturated rings. The average Bonchev–Trinajstić information content (AvgIpc) is 3.79. The van der Waals surface area contributed by atoms with Crippen molar-refractivity contribution in [3.05, 3.63) is 152 Å². The Morgan fingerprint density at radius 3 is 1.51 bits per heavy atom. The van der Waals surface area contributed by atoms with Crippen LogP contribution in [0.4, 0.5) is 0 Å². The maximum atomic E-state index is 2.57. The number of para-hydroxylation sites is 1. The first-order chi connectivity index (χ1) is 27.7. The molecule has 9 heteroatoms. The van der Waals surface area contributed by atoms with Crippen molar-refractivity contribution < 1.29 is 0 Å². The summed E-state index contributed by atoms with van der Waals surface area (Å²) < 4.78 is 5.00. The fraction of sp³-hybridized carbons (Fsp3) is 0. The summed E-state index contributed by atoms with van der Waals surface area (Å²) in [6, 6.07) is 55.4. The maximum absolute atomic E-state index is 2.57. The van der Waals surface area contributed by atoms with E-state index in [0.29, 0.717) is 0 Å². The van der Waals surface area contributed by atoms with Crippen LogP contribution in [0.1, 0.15) is 0 Å². The van der Waals surface area contributed by atoms with Gasteiger partial charge < -0.3 is 9.13 Å². The highest BCUT2D eigenvalue weighted by Gasteiger charge is 2.25. The standard InChI is InChI=1S/C48H39B7N2/c49-40-36(29-21-24-34-33(25-29)37-32(28-13-6-2-7-14-28)17-10-18-35(37)56(34)30-15-8-3-9-16-30)41(50)45(54)47-38(40)39-42(51)43(52)44(53)46(55)48(39)57(47)31-22-19-27(20-23-31)26-11-4-1-5-12-26/h1-25H,49-55H2. The zero-order chi connectivity index (χ0) is 39.1. The van der Waals surface area contributed by atoms with Crippen LogP contribution in [0.15, 0.2) is 152 Å². The quantitative estimate of drug-likeness (QED) is 0.232. The van der Waals surface area contributed by atoms with E-state index in [1.165, 1.54) is 127 Å². The molecule has 10 aromatic rings. The van der Waals surface area contributed by atoms with Crippen molar-refractivity contribution in [1.29, 1.82) is 0 Å². The first kappa shape index (κ1) is 35.2. The molecule has 0 saturated carbocycles. The minimum Gasteiger partial charge on any atom is -0.310 e. The number of nitrogens with zero attached hydrogens (tertiary/aromatic N) is 2. The van der Waals surface area contributed by atoms with Crippen molar-refractivity contribution in [2.75, 3.05) is 0 Å². The molecule has 0 radical (unpaired) electrons. The second kappa shape index (κ2) is 13.5. The third-order valence-corrected chi connectivity index (χ3v) is 13.0. The van der Waals surface area contributed by atoms with E-state index >= 15 is 0 Å². The van der Waals surface area contributed by atoms with Crippen LogP contribution in [0.2, 0.25) is 0 Å². The van der Waals surface area contributed by atoms with Crippen molar-refractivity contribution in [2.24, 2.45) is 0 Å². The van der Waals surface area contributed by atoms with E-state index < -0.39 is 0 Å². The van der Waals surface area contributed by atoms with Crippen molar-refractivity contribution in [3.8, 4) is 44.8 Å². The summed E-state index contributed by atoms with van der Waals surface area (Å²) in [6.45, 7) is 0. The van der Waals surface area contributed by atoms with Crippen molar-refractivity contribution in [1.82, 2.24) is 9.13 Å². The van der Waals surface area contributed by atoms with E-state index in [4.69, 9.17) is 0 Å². The Kier molecular flexibility index (Phi) is 8.34. The van der Waals surface area contributed by atoms with Gasteiger partial charge in [0.25, 0.3) is 0 Å². The van der Waals surface area contributed by atoms with Gasteiger partial charge in [-0.2, -0.15) is 0 Å². The molecule has 10 rings (SSSR count). The minimum absolute atomic E-state index is 1.17. The van der Waals surface area contributed by atoms with Gasteiger partial charge in [-0.05, 0) is 81.2 Å². The normalized spacial score (nSPS) is 11.6. The molecule has 0 aliphatic heterocycles. The predicted molar refractivity (Wildman–Crippen MR) is 269 cm³/mol. The van der Waals surface area contributed by atoms with Gasteiger partial charge in [-0.1, -0.05) is 142 Å². The first-order valence-corrected chi connectivity index (χ1v) is 20.1. The Labute approximate surface area is 340 Å². The molecule has 0 aliphatic carbocycles. The number of hydrogen-bond donors (Lipinski definition) is 0.